The molecule has 1 saturated heterocycles. The van der Waals surface area contributed by atoms with E-state index in [1.54, 1.807) is 0 Å². The highest BCUT2D eigenvalue weighted by atomic mass is 16.5. The van der Waals surface area contributed by atoms with E-state index in [9.17, 15) is 0 Å². The quantitative estimate of drug-likeness (QED) is 0.676. The maximum atomic E-state index is 5.70. The van der Waals surface area contributed by atoms with E-state index in [1.807, 2.05) is 0 Å². The van der Waals surface area contributed by atoms with Gasteiger partial charge in [0.2, 0.25) is 0 Å². The van der Waals surface area contributed by atoms with Crippen LogP contribution in [0.3, 0.4) is 0 Å². The van der Waals surface area contributed by atoms with Gasteiger partial charge in [-0.1, -0.05) is 0 Å². The van der Waals surface area contributed by atoms with Crippen molar-refractivity contribution in [3.8, 4) is 0 Å². The van der Waals surface area contributed by atoms with Crippen LogP contribution < -0.4 is 5.32 Å². The normalized spacial score (nSPS) is 30.0. The van der Waals surface area contributed by atoms with Crippen molar-refractivity contribution in [3.63, 3.8) is 0 Å². The minimum absolute atomic E-state index is 0.650. The van der Waals surface area contributed by atoms with E-state index in [0.717, 1.165) is 44.8 Å². The minimum atomic E-state index is 0.650. The lowest BCUT2D eigenvalue weighted by atomic mass is 10.1. The van der Waals surface area contributed by atoms with Crippen molar-refractivity contribution in [3.05, 3.63) is 0 Å². The molecule has 1 aliphatic heterocycles. The Bertz CT molecular complexity index is 243. The van der Waals surface area contributed by atoms with Gasteiger partial charge in [0.25, 0.3) is 0 Å². The lowest BCUT2D eigenvalue weighted by Gasteiger charge is -2.39. The van der Waals surface area contributed by atoms with Crippen molar-refractivity contribution in [1.29, 1.82) is 0 Å². The first-order valence-electron chi connectivity index (χ1n) is 7.36. The molecule has 2 fully saturated rings. The lowest BCUT2D eigenvalue weighted by Crippen LogP contribution is -2.56. The molecule has 1 N–H and O–H groups in total. The second kappa shape index (κ2) is 6.85. The van der Waals surface area contributed by atoms with Gasteiger partial charge in [-0.3, -0.25) is 4.90 Å². The predicted molar refractivity (Wildman–Crippen MR) is 74.9 cm³/mol. The summed E-state index contributed by atoms with van der Waals surface area (Å²) in [6.07, 6.45) is 2.86. The molecule has 0 aromatic heterocycles. The van der Waals surface area contributed by atoms with E-state index >= 15 is 0 Å². The van der Waals surface area contributed by atoms with Gasteiger partial charge in [-0.05, 0) is 39.8 Å². The SMILES string of the molecule is CC1CNC(C2CC2)CN1CCOCCN(C)C. The van der Waals surface area contributed by atoms with E-state index in [-0.39, 0.29) is 0 Å². The van der Waals surface area contributed by atoms with Crippen molar-refractivity contribution in [1.82, 2.24) is 15.1 Å². The number of ether oxygens (including phenoxy) is 1. The van der Waals surface area contributed by atoms with Crippen LogP contribution in [-0.4, -0.2) is 75.4 Å². The smallest absolute Gasteiger partial charge is 0.0594 e. The Labute approximate surface area is 112 Å². The summed E-state index contributed by atoms with van der Waals surface area (Å²) in [5.74, 6) is 0.953. The number of nitrogens with one attached hydrogen (secondary N) is 1. The third-order valence-electron chi connectivity index (χ3n) is 4.13. The number of nitrogens with zero attached hydrogens (tertiary/aromatic N) is 2. The van der Waals surface area contributed by atoms with Crippen LogP contribution in [0.2, 0.25) is 0 Å². The monoisotopic (exact) mass is 255 g/mol. The third-order valence-corrected chi connectivity index (χ3v) is 4.13. The Kier molecular flexibility index (Phi) is 5.42. The van der Waals surface area contributed by atoms with Gasteiger partial charge in [-0.15, -0.1) is 0 Å². The molecule has 0 spiro atoms. The second-order valence-electron chi connectivity index (χ2n) is 6.11. The van der Waals surface area contributed by atoms with Crippen LogP contribution in [0.5, 0.6) is 0 Å². The number of hydrogen-bond donors (Lipinski definition) is 1. The maximum Gasteiger partial charge on any atom is 0.0594 e. The first-order valence-corrected chi connectivity index (χ1v) is 7.36. The van der Waals surface area contributed by atoms with Gasteiger partial charge in [0.1, 0.15) is 0 Å². The molecule has 1 saturated carbocycles. The summed E-state index contributed by atoms with van der Waals surface area (Å²) in [6.45, 7) is 8.48. The summed E-state index contributed by atoms with van der Waals surface area (Å²) in [5.41, 5.74) is 0. The van der Waals surface area contributed by atoms with Gasteiger partial charge in [0.15, 0.2) is 0 Å². The fourth-order valence-electron chi connectivity index (χ4n) is 2.61. The van der Waals surface area contributed by atoms with E-state index in [1.165, 1.54) is 19.4 Å². The second-order valence-corrected chi connectivity index (χ2v) is 6.11. The molecule has 2 unspecified atom stereocenters. The first kappa shape index (κ1) is 14.3. The molecule has 1 heterocycles. The molecule has 0 radical (unpaired) electrons. The van der Waals surface area contributed by atoms with Gasteiger partial charge in [-0.2, -0.15) is 0 Å². The molecule has 2 aliphatic rings. The Morgan fingerprint density at radius 2 is 2.06 bits per heavy atom. The highest BCUT2D eigenvalue weighted by Crippen LogP contribution is 2.34. The fraction of sp³-hybridized carbons (Fsp3) is 1.00. The van der Waals surface area contributed by atoms with Crippen molar-refractivity contribution in [2.75, 3.05) is 53.5 Å². The summed E-state index contributed by atoms with van der Waals surface area (Å²) >= 11 is 0. The van der Waals surface area contributed by atoms with Crippen LogP contribution in [0.4, 0.5) is 0 Å². The van der Waals surface area contributed by atoms with Crippen molar-refractivity contribution in [2.24, 2.45) is 5.92 Å². The van der Waals surface area contributed by atoms with E-state index in [0.29, 0.717) is 6.04 Å². The first-order chi connectivity index (χ1) is 8.66. The molecule has 4 nitrogen and oxygen atoms in total. The van der Waals surface area contributed by atoms with Gasteiger partial charge in [0, 0.05) is 38.3 Å². The summed E-state index contributed by atoms with van der Waals surface area (Å²) in [4.78, 5) is 4.76. The Morgan fingerprint density at radius 1 is 1.28 bits per heavy atom. The van der Waals surface area contributed by atoms with Crippen molar-refractivity contribution in [2.45, 2.75) is 31.8 Å². The molecule has 106 valence electrons. The van der Waals surface area contributed by atoms with Gasteiger partial charge in [0.05, 0.1) is 13.2 Å². The highest BCUT2D eigenvalue weighted by Gasteiger charge is 2.35. The van der Waals surface area contributed by atoms with E-state index in [2.05, 4.69) is 36.1 Å². The average molecular weight is 255 g/mol. The van der Waals surface area contributed by atoms with Gasteiger partial charge >= 0.3 is 0 Å². The van der Waals surface area contributed by atoms with Crippen LogP contribution in [0, 0.1) is 5.92 Å². The molecule has 1 aliphatic carbocycles. The zero-order chi connectivity index (χ0) is 13.0. The number of rotatable bonds is 7. The van der Waals surface area contributed by atoms with Crippen LogP contribution in [0.15, 0.2) is 0 Å². The largest absolute Gasteiger partial charge is 0.379 e. The topological polar surface area (TPSA) is 27.7 Å². The highest BCUT2D eigenvalue weighted by molar-refractivity contribution is 4.93. The molecule has 0 aromatic rings. The van der Waals surface area contributed by atoms with Crippen LogP contribution in [0.25, 0.3) is 0 Å². The molecule has 0 amide bonds. The Morgan fingerprint density at radius 3 is 2.72 bits per heavy atom. The van der Waals surface area contributed by atoms with Gasteiger partial charge < -0.3 is 15.0 Å². The minimum Gasteiger partial charge on any atom is -0.379 e. The van der Waals surface area contributed by atoms with E-state index in [4.69, 9.17) is 4.74 Å². The molecular formula is C14H29N3O. The standard InChI is InChI=1S/C14H29N3O/c1-12-10-15-14(13-4-5-13)11-17(12)7-9-18-8-6-16(2)3/h12-15H,4-11H2,1-3H3. The zero-order valence-electron chi connectivity index (χ0n) is 12.2. The average Bonchev–Trinajstić information content (AvgIpc) is 3.14. The number of piperazine rings is 1. The van der Waals surface area contributed by atoms with Gasteiger partial charge in [-0.25, -0.2) is 0 Å². The fourth-order valence-corrected chi connectivity index (χ4v) is 2.61. The molecule has 0 bridgehead atoms. The summed E-state index contributed by atoms with van der Waals surface area (Å²) in [6, 6.07) is 1.39. The number of likely N-dealkylation sites (N-methyl/N-ethyl adjacent to an activating group) is 1. The van der Waals surface area contributed by atoms with Crippen LogP contribution >= 0.6 is 0 Å². The summed E-state index contributed by atoms with van der Waals surface area (Å²) in [7, 11) is 4.17. The predicted octanol–water partition coefficient (Wildman–Crippen LogP) is 0.637. The summed E-state index contributed by atoms with van der Waals surface area (Å²) in [5, 5.41) is 3.69. The van der Waals surface area contributed by atoms with Crippen molar-refractivity contribution < 1.29 is 4.74 Å². The van der Waals surface area contributed by atoms with Crippen LogP contribution in [-0.2, 0) is 4.74 Å². The molecule has 18 heavy (non-hydrogen) atoms. The van der Waals surface area contributed by atoms with Crippen LogP contribution in [0.1, 0.15) is 19.8 Å². The molecule has 2 atom stereocenters. The zero-order valence-corrected chi connectivity index (χ0v) is 12.2. The summed E-state index contributed by atoms with van der Waals surface area (Å²) < 4.78 is 5.70. The van der Waals surface area contributed by atoms with E-state index < -0.39 is 0 Å². The van der Waals surface area contributed by atoms with Crippen molar-refractivity contribution >= 4 is 0 Å². The molecule has 2 rings (SSSR count). The third kappa shape index (κ3) is 4.50. The lowest BCUT2D eigenvalue weighted by molar-refractivity contribution is 0.0618. The Hall–Kier alpha value is -0.160. The Balaban J connectivity index is 1.60. The molecule has 4 heteroatoms. The molecule has 0 aromatic carbocycles. The number of hydrogen-bond acceptors (Lipinski definition) is 4. The molecular weight excluding hydrogens is 226 g/mol. The maximum absolute atomic E-state index is 5.70.